The van der Waals surface area contributed by atoms with Crippen LogP contribution in [0.25, 0.3) is 0 Å². The molecule has 0 spiro atoms. The maximum absolute atomic E-state index is 12.5. The van der Waals surface area contributed by atoms with Crippen molar-refractivity contribution < 1.29 is 19.1 Å². The van der Waals surface area contributed by atoms with Crippen LogP contribution in [0.3, 0.4) is 0 Å². The van der Waals surface area contributed by atoms with Crippen molar-refractivity contribution in [1.29, 1.82) is 0 Å². The zero-order valence-corrected chi connectivity index (χ0v) is 13.9. The summed E-state index contributed by atoms with van der Waals surface area (Å²) in [6.45, 7) is 0. The van der Waals surface area contributed by atoms with Crippen molar-refractivity contribution in [2.45, 2.75) is 18.9 Å². The van der Waals surface area contributed by atoms with Gasteiger partial charge in [-0.25, -0.2) is 9.80 Å². The molecule has 1 unspecified atom stereocenters. The number of esters is 1. The first-order chi connectivity index (χ1) is 12.6. The van der Waals surface area contributed by atoms with E-state index < -0.39 is 18.0 Å². The molecule has 1 atom stereocenters. The number of benzene rings is 2. The van der Waals surface area contributed by atoms with Crippen LogP contribution in [0.1, 0.15) is 24.5 Å². The zero-order valence-electron chi connectivity index (χ0n) is 13.9. The van der Waals surface area contributed by atoms with Crippen LogP contribution >= 0.6 is 0 Å². The molecule has 0 saturated heterocycles. The molecule has 0 saturated carbocycles. The van der Waals surface area contributed by atoms with Crippen LogP contribution in [-0.4, -0.2) is 23.5 Å². The highest BCUT2D eigenvalue weighted by Gasteiger charge is 2.30. The van der Waals surface area contributed by atoms with Gasteiger partial charge in [0.2, 0.25) is 12.0 Å². The van der Waals surface area contributed by atoms with Gasteiger partial charge in [0.1, 0.15) is 5.71 Å². The Bertz CT molecular complexity index is 850. The van der Waals surface area contributed by atoms with E-state index in [2.05, 4.69) is 5.10 Å². The number of nitrogens with two attached hydrogens (primary N) is 1. The minimum Gasteiger partial charge on any atom is -0.443 e. The molecule has 7 heteroatoms. The van der Waals surface area contributed by atoms with E-state index in [1.54, 1.807) is 54.6 Å². The number of carbonyl (C=O) groups is 3. The number of rotatable bonds is 5. The Labute approximate surface area is 150 Å². The Balaban J connectivity index is 1.82. The van der Waals surface area contributed by atoms with Gasteiger partial charge in [-0.15, -0.1) is 0 Å². The Morgan fingerprint density at radius 3 is 2.23 bits per heavy atom. The lowest BCUT2D eigenvalue weighted by Crippen LogP contribution is -2.36. The van der Waals surface area contributed by atoms with E-state index >= 15 is 0 Å². The topological polar surface area (TPSA) is 102 Å². The van der Waals surface area contributed by atoms with Crippen LogP contribution in [0.4, 0.5) is 5.69 Å². The largest absolute Gasteiger partial charge is 0.443 e. The summed E-state index contributed by atoms with van der Waals surface area (Å²) in [4.78, 5) is 36.3. The van der Waals surface area contributed by atoms with E-state index in [9.17, 15) is 14.4 Å². The number of carbonyl (C=O) groups excluding carboxylic acids is 3. The number of hydrazone groups is 1. The number of hydrogen-bond donors (Lipinski definition) is 1. The van der Waals surface area contributed by atoms with Crippen LogP contribution in [0.2, 0.25) is 0 Å². The fraction of sp³-hybridized carbons (Fsp3) is 0.158. The Morgan fingerprint density at radius 1 is 1.00 bits per heavy atom. The van der Waals surface area contributed by atoms with Gasteiger partial charge in [-0.1, -0.05) is 48.5 Å². The summed E-state index contributed by atoms with van der Waals surface area (Å²) in [5.41, 5.74) is 6.46. The number of primary amides is 1. The van der Waals surface area contributed by atoms with Crippen molar-refractivity contribution in [3.05, 3.63) is 66.2 Å². The highest BCUT2D eigenvalue weighted by molar-refractivity contribution is 6.38. The molecule has 0 aromatic heterocycles. The van der Waals surface area contributed by atoms with Crippen molar-refractivity contribution in [3.63, 3.8) is 0 Å². The molecule has 1 aliphatic heterocycles. The lowest BCUT2D eigenvalue weighted by molar-refractivity contribution is -0.149. The SMILES string of the molecule is NC(=O)C(OC(=O)C1=NN(c2ccccc2)C(=O)CC1)c1ccccc1. The van der Waals surface area contributed by atoms with Gasteiger partial charge in [0.25, 0.3) is 5.91 Å². The van der Waals surface area contributed by atoms with Gasteiger partial charge in [-0.2, -0.15) is 5.10 Å². The van der Waals surface area contributed by atoms with Crippen molar-refractivity contribution in [2.24, 2.45) is 10.8 Å². The standard InChI is InChI=1S/C19H17N3O4/c20-18(24)17(13-7-3-1-4-8-13)26-19(25)15-11-12-16(23)22(21-15)14-9-5-2-6-10-14/h1-10,17H,11-12H2,(H2,20,24). The van der Waals surface area contributed by atoms with Crippen molar-refractivity contribution in [1.82, 2.24) is 0 Å². The molecule has 0 aliphatic carbocycles. The summed E-state index contributed by atoms with van der Waals surface area (Å²) in [7, 11) is 0. The van der Waals surface area contributed by atoms with Crippen molar-refractivity contribution in [3.8, 4) is 0 Å². The summed E-state index contributed by atoms with van der Waals surface area (Å²) in [6.07, 6.45) is -0.953. The average Bonchev–Trinajstić information content (AvgIpc) is 2.67. The average molecular weight is 351 g/mol. The molecule has 0 fully saturated rings. The minimum atomic E-state index is -1.21. The molecule has 1 heterocycles. The third kappa shape index (κ3) is 3.77. The fourth-order valence-corrected chi connectivity index (χ4v) is 2.56. The summed E-state index contributed by atoms with van der Waals surface area (Å²) >= 11 is 0. The van der Waals surface area contributed by atoms with Gasteiger partial charge in [-0.3, -0.25) is 9.59 Å². The molecule has 2 aromatic rings. The van der Waals surface area contributed by atoms with E-state index in [0.717, 1.165) is 0 Å². The summed E-state index contributed by atoms with van der Waals surface area (Å²) < 4.78 is 5.27. The number of ether oxygens (including phenoxy) is 1. The third-order valence-electron chi connectivity index (χ3n) is 3.85. The lowest BCUT2D eigenvalue weighted by atomic mass is 10.1. The number of nitrogens with zero attached hydrogens (tertiary/aromatic N) is 2. The normalized spacial score (nSPS) is 15.2. The van der Waals surface area contributed by atoms with Gasteiger partial charge in [0, 0.05) is 18.4 Å². The molecule has 3 rings (SSSR count). The Morgan fingerprint density at radius 2 is 1.62 bits per heavy atom. The highest BCUT2D eigenvalue weighted by Crippen LogP contribution is 2.22. The lowest BCUT2D eigenvalue weighted by Gasteiger charge is -2.23. The first kappa shape index (κ1) is 17.3. The fourth-order valence-electron chi connectivity index (χ4n) is 2.56. The Kier molecular flexibility index (Phi) is 5.07. The monoisotopic (exact) mass is 351 g/mol. The maximum atomic E-state index is 12.5. The first-order valence-electron chi connectivity index (χ1n) is 8.07. The van der Waals surface area contributed by atoms with Crippen LogP contribution in [0, 0.1) is 0 Å². The molecule has 0 radical (unpaired) electrons. The summed E-state index contributed by atoms with van der Waals surface area (Å²) in [6, 6.07) is 17.3. The van der Waals surface area contributed by atoms with Gasteiger partial charge in [-0.05, 0) is 12.1 Å². The molecule has 132 valence electrons. The smallest absolute Gasteiger partial charge is 0.355 e. The van der Waals surface area contributed by atoms with Crippen LogP contribution < -0.4 is 10.7 Å². The van der Waals surface area contributed by atoms with E-state index in [0.29, 0.717) is 11.3 Å². The predicted molar refractivity (Wildman–Crippen MR) is 95.1 cm³/mol. The minimum absolute atomic E-state index is 0.0654. The molecule has 1 aliphatic rings. The van der Waals surface area contributed by atoms with Gasteiger partial charge >= 0.3 is 5.97 Å². The van der Waals surface area contributed by atoms with E-state index in [1.165, 1.54) is 5.01 Å². The maximum Gasteiger partial charge on any atom is 0.355 e. The molecule has 2 aromatic carbocycles. The number of amides is 2. The van der Waals surface area contributed by atoms with Crippen LogP contribution in [0.15, 0.2) is 65.8 Å². The Hall–Kier alpha value is -3.48. The predicted octanol–water partition coefficient (Wildman–Crippen LogP) is 1.94. The molecule has 2 amide bonds. The molecule has 0 bridgehead atoms. The van der Waals surface area contributed by atoms with Gasteiger partial charge in [0.05, 0.1) is 5.69 Å². The number of hydrogen-bond acceptors (Lipinski definition) is 5. The van der Waals surface area contributed by atoms with Crippen molar-refractivity contribution >= 4 is 29.2 Å². The highest BCUT2D eigenvalue weighted by atomic mass is 16.5. The zero-order chi connectivity index (χ0) is 18.5. The van der Waals surface area contributed by atoms with Crippen LogP contribution in [-0.2, 0) is 19.1 Å². The molecule has 26 heavy (non-hydrogen) atoms. The number of anilines is 1. The second-order valence-electron chi connectivity index (χ2n) is 5.69. The van der Waals surface area contributed by atoms with Gasteiger partial charge < -0.3 is 10.5 Å². The van der Waals surface area contributed by atoms with Crippen molar-refractivity contribution in [2.75, 3.05) is 5.01 Å². The van der Waals surface area contributed by atoms with Gasteiger partial charge in [0.15, 0.2) is 0 Å². The summed E-state index contributed by atoms with van der Waals surface area (Å²) in [5.74, 6) is -1.77. The molecular weight excluding hydrogens is 334 g/mol. The second-order valence-corrected chi connectivity index (χ2v) is 5.69. The molecule has 2 N–H and O–H groups in total. The van der Waals surface area contributed by atoms with E-state index in [1.807, 2.05) is 6.07 Å². The third-order valence-corrected chi connectivity index (χ3v) is 3.85. The quantitative estimate of drug-likeness (QED) is 0.832. The second kappa shape index (κ2) is 7.60. The summed E-state index contributed by atoms with van der Waals surface area (Å²) in [5, 5.41) is 5.28. The molecule has 7 nitrogen and oxygen atoms in total. The van der Waals surface area contributed by atoms with E-state index in [-0.39, 0.29) is 24.5 Å². The van der Waals surface area contributed by atoms with Crippen LogP contribution in [0.5, 0.6) is 0 Å². The molecular formula is C19H17N3O4. The first-order valence-corrected chi connectivity index (χ1v) is 8.07. The van der Waals surface area contributed by atoms with E-state index in [4.69, 9.17) is 10.5 Å². The number of para-hydroxylation sites is 1.